The molecule has 104 valence electrons. The molecule has 0 saturated carbocycles. The number of ether oxygens (including phenoxy) is 2. The highest BCUT2D eigenvalue weighted by molar-refractivity contribution is 5.94. The Morgan fingerprint density at radius 1 is 1.42 bits per heavy atom. The van der Waals surface area contributed by atoms with Gasteiger partial charge in [0, 0.05) is 32.4 Å². The average molecular weight is 263 g/mol. The van der Waals surface area contributed by atoms with E-state index in [4.69, 9.17) is 9.47 Å². The molecule has 0 N–H and O–H groups in total. The zero-order valence-electron chi connectivity index (χ0n) is 11.6. The van der Waals surface area contributed by atoms with Crippen LogP contribution in [0.4, 0.5) is 0 Å². The van der Waals surface area contributed by atoms with E-state index in [1.54, 1.807) is 18.1 Å². The summed E-state index contributed by atoms with van der Waals surface area (Å²) in [5, 5.41) is 0. The first-order valence-electron chi connectivity index (χ1n) is 6.68. The largest absolute Gasteiger partial charge is 0.497 e. The van der Waals surface area contributed by atoms with E-state index < -0.39 is 0 Å². The van der Waals surface area contributed by atoms with E-state index in [-0.39, 0.29) is 5.91 Å². The molecule has 19 heavy (non-hydrogen) atoms. The summed E-state index contributed by atoms with van der Waals surface area (Å²) >= 11 is 0. The van der Waals surface area contributed by atoms with Gasteiger partial charge in [-0.25, -0.2) is 0 Å². The van der Waals surface area contributed by atoms with Crippen molar-refractivity contribution in [3.63, 3.8) is 0 Å². The fourth-order valence-electron chi connectivity index (χ4n) is 2.38. The Morgan fingerprint density at radius 2 is 2.16 bits per heavy atom. The molecule has 1 aliphatic heterocycles. The molecule has 1 heterocycles. The minimum absolute atomic E-state index is 0.0467. The van der Waals surface area contributed by atoms with Crippen LogP contribution in [0.5, 0.6) is 5.75 Å². The first-order valence-corrected chi connectivity index (χ1v) is 6.68. The molecule has 0 spiro atoms. The van der Waals surface area contributed by atoms with Crippen LogP contribution in [-0.2, 0) is 4.74 Å². The molecule has 1 saturated heterocycles. The topological polar surface area (TPSA) is 38.8 Å². The van der Waals surface area contributed by atoms with Crippen molar-refractivity contribution in [1.29, 1.82) is 0 Å². The van der Waals surface area contributed by atoms with Gasteiger partial charge in [-0.1, -0.05) is 6.07 Å². The summed E-state index contributed by atoms with van der Waals surface area (Å²) in [6.45, 7) is 2.41. The molecular weight excluding hydrogens is 242 g/mol. The molecule has 1 aromatic carbocycles. The highest BCUT2D eigenvalue weighted by atomic mass is 16.5. The molecule has 0 radical (unpaired) electrons. The zero-order valence-corrected chi connectivity index (χ0v) is 11.6. The minimum Gasteiger partial charge on any atom is -0.497 e. The van der Waals surface area contributed by atoms with Crippen LogP contribution in [0, 0.1) is 5.92 Å². The lowest BCUT2D eigenvalue weighted by atomic mass is 9.99. The molecule has 2 rings (SSSR count). The lowest BCUT2D eigenvalue weighted by Crippen LogP contribution is -2.34. The Hall–Kier alpha value is -1.55. The normalized spacial score (nSPS) is 16.1. The smallest absolute Gasteiger partial charge is 0.253 e. The third kappa shape index (κ3) is 3.70. The molecule has 4 nitrogen and oxygen atoms in total. The van der Waals surface area contributed by atoms with Gasteiger partial charge in [-0.3, -0.25) is 4.79 Å². The van der Waals surface area contributed by atoms with Crippen LogP contribution >= 0.6 is 0 Å². The second kappa shape index (κ2) is 6.57. The Balaban J connectivity index is 1.97. The van der Waals surface area contributed by atoms with Crippen LogP contribution in [0.25, 0.3) is 0 Å². The second-order valence-corrected chi connectivity index (χ2v) is 4.97. The standard InChI is InChI=1S/C15H21NO3/c1-16(11-12-6-8-19-9-7-12)15(17)13-4-3-5-14(10-13)18-2/h3-5,10,12H,6-9,11H2,1-2H3. The van der Waals surface area contributed by atoms with E-state index in [9.17, 15) is 4.79 Å². The number of hydrogen-bond donors (Lipinski definition) is 0. The number of methoxy groups -OCH3 is 1. The summed E-state index contributed by atoms with van der Waals surface area (Å²) in [6.07, 6.45) is 2.07. The summed E-state index contributed by atoms with van der Waals surface area (Å²) in [5.74, 6) is 1.31. The summed E-state index contributed by atoms with van der Waals surface area (Å²) in [6, 6.07) is 7.29. The average Bonchev–Trinajstić information content (AvgIpc) is 2.47. The van der Waals surface area contributed by atoms with Gasteiger partial charge in [0.1, 0.15) is 5.75 Å². The van der Waals surface area contributed by atoms with Crippen molar-refractivity contribution >= 4 is 5.91 Å². The quantitative estimate of drug-likeness (QED) is 0.836. The van der Waals surface area contributed by atoms with Gasteiger partial charge < -0.3 is 14.4 Å². The third-order valence-corrected chi connectivity index (χ3v) is 3.54. The summed E-state index contributed by atoms with van der Waals surface area (Å²) in [4.78, 5) is 14.1. The van der Waals surface area contributed by atoms with Crippen molar-refractivity contribution in [2.45, 2.75) is 12.8 Å². The van der Waals surface area contributed by atoms with E-state index in [2.05, 4.69) is 0 Å². The van der Waals surface area contributed by atoms with Crippen molar-refractivity contribution in [3.8, 4) is 5.75 Å². The predicted octanol–water partition coefficient (Wildman–Crippen LogP) is 2.19. The van der Waals surface area contributed by atoms with E-state index in [1.807, 2.05) is 25.2 Å². The lowest BCUT2D eigenvalue weighted by molar-refractivity contribution is 0.0497. The predicted molar refractivity (Wildman–Crippen MR) is 73.5 cm³/mol. The fraction of sp³-hybridized carbons (Fsp3) is 0.533. The van der Waals surface area contributed by atoms with Gasteiger partial charge in [0.2, 0.25) is 0 Å². The van der Waals surface area contributed by atoms with Gasteiger partial charge in [-0.2, -0.15) is 0 Å². The molecule has 1 aliphatic rings. The molecule has 1 fully saturated rings. The third-order valence-electron chi connectivity index (χ3n) is 3.54. The van der Waals surface area contributed by atoms with Gasteiger partial charge >= 0.3 is 0 Å². The monoisotopic (exact) mass is 263 g/mol. The van der Waals surface area contributed by atoms with Crippen LogP contribution in [0.15, 0.2) is 24.3 Å². The Labute approximate surface area is 114 Å². The van der Waals surface area contributed by atoms with Gasteiger partial charge in [-0.05, 0) is 37.0 Å². The maximum Gasteiger partial charge on any atom is 0.253 e. The Bertz CT molecular complexity index is 427. The number of carbonyl (C=O) groups is 1. The van der Waals surface area contributed by atoms with E-state index in [0.29, 0.717) is 17.2 Å². The fourth-order valence-corrected chi connectivity index (χ4v) is 2.38. The molecule has 0 aromatic heterocycles. The van der Waals surface area contributed by atoms with E-state index in [1.165, 1.54) is 0 Å². The molecule has 1 amide bonds. The van der Waals surface area contributed by atoms with Gasteiger partial charge in [0.15, 0.2) is 0 Å². The highest BCUT2D eigenvalue weighted by Gasteiger charge is 2.19. The molecule has 0 bridgehead atoms. The molecule has 4 heteroatoms. The SMILES string of the molecule is COc1cccc(C(=O)N(C)CC2CCOCC2)c1. The number of amides is 1. The molecule has 0 unspecified atom stereocenters. The highest BCUT2D eigenvalue weighted by Crippen LogP contribution is 2.18. The summed E-state index contributed by atoms with van der Waals surface area (Å²) in [5.41, 5.74) is 0.675. The van der Waals surface area contributed by atoms with Gasteiger partial charge in [0.05, 0.1) is 7.11 Å². The Morgan fingerprint density at radius 3 is 2.84 bits per heavy atom. The lowest BCUT2D eigenvalue weighted by Gasteiger charge is -2.27. The second-order valence-electron chi connectivity index (χ2n) is 4.97. The zero-order chi connectivity index (χ0) is 13.7. The van der Waals surface area contributed by atoms with Crippen molar-refractivity contribution in [1.82, 2.24) is 4.90 Å². The summed E-state index contributed by atoms with van der Waals surface area (Å²) in [7, 11) is 3.46. The number of carbonyl (C=O) groups excluding carboxylic acids is 1. The van der Waals surface area contributed by atoms with Crippen LogP contribution in [0.3, 0.4) is 0 Å². The van der Waals surface area contributed by atoms with Crippen molar-refractivity contribution in [2.24, 2.45) is 5.92 Å². The van der Waals surface area contributed by atoms with Gasteiger partial charge in [-0.15, -0.1) is 0 Å². The molecule has 0 aliphatic carbocycles. The first-order chi connectivity index (χ1) is 9.20. The van der Waals surface area contributed by atoms with E-state index in [0.717, 1.165) is 32.6 Å². The van der Waals surface area contributed by atoms with Crippen molar-refractivity contribution in [3.05, 3.63) is 29.8 Å². The van der Waals surface area contributed by atoms with Gasteiger partial charge in [0.25, 0.3) is 5.91 Å². The maximum absolute atomic E-state index is 12.3. The minimum atomic E-state index is 0.0467. The van der Waals surface area contributed by atoms with Crippen LogP contribution in [0.2, 0.25) is 0 Å². The molecule has 1 aromatic rings. The van der Waals surface area contributed by atoms with Crippen molar-refractivity contribution < 1.29 is 14.3 Å². The van der Waals surface area contributed by atoms with Crippen LogP contribution < -0.4 is 4.74 Å². The number of benzene rings is 1. The number of rotatable bonds is 4. The Kier molecular flexibility index (Phi) is 4.80. The number of nitrogens with zero attached hydrogens (tertiary/aromatic N) is 1. The summed E-state index contributed by atoms with van der Waals surface area (Å²) < 4.78 is 10.5. The maximum atomic E-state index is 12.3. The van der Waals surface area contributed by atoms with Crippen LogP contribution in [0.1, 0.15) is 23.2 Å². The van der Waals surface area contributed by atoms with Crippen molar-refractivity contribution in [2.75, 3.05) is 33.9 Å². The number of hydrogen-bond acceptors (Lipinski definition) is 3. The van der Waals surface area contributed by atoms with Crippen LogP contribution in [-0.4, -0.2) is 44.7 Å². The molecule has 0 atom stereocenters. The molecular formula is C15H21NO3. The first kappa shape index (κ1) is 13.9. The van der Waals surface area contributed by atoms with E-state index >= 15 is 0 Å².